The first-order chi connectivity index (χ1) is 12.0. The van der Waals surface area contributed by atoms with Gasteiger partial charge < -0.3 is 19.7 Å². The van der Waals surface area contributed by atoms with Gasteiger partial charge in [-0.15, -0.1) is 0 Å². The Labute approximate surface area is 148 Å². The number of fused-ring (bicyclic) bond motifs is 1. The van der Waals surface area contributed by atoms with Gasteiger partial charge in [-0.2, -0.15) is 0 Å². The number of hydrogen-bond donors (Lipinski definition) is 1. The summed E-state index contributed by atoms with van der Waals surface area (Å²) in [6.07, 6.45) is 0.857. The van der Waals surface area contributed by atoms with E-state index in [1.54, 1.807) is 4.90 Å². The smallest absolute Gasteiger partial charge is 0.224 e. The Morgan fingerprint density at radius 3 is 2.72 bits per heavy atom. The number of carbonyl (C=O) groups excluding carboxylic acids is 1. The van der Waals surface area contributed by atoms with Crippen molar-refractivity contribution in [2.75, 3.05) is 43.1 Å². The molecular formula is C17H24N2O5S. The molecule has 1 N–H and O–H groups in total. The third-order valence-corrected chi connectivity index (χ3v) is 6.27. The van der Waals surface area contributed by atoms with Crippen molar-refractivity contribution in [3.05, 3.63) is 18.2 Å². The van der Waals surface area contributed by atoms with Gasteiger partial charge in [-0.05, 0) is 25.5 Å². The fourth-order valence-corrected chi connectivity index (χ4v) is 5.00. The molecule has 1 saturated heterocycles. The van der Waals surface area contributed by atoms with Crippen LogP contribution in [0.5, 0.6) is 11.5 Å². The van der Waals surface area contributed by atoms with Gasteiger partial charge in [0, 0.05) is 37.3 Å². The second-order valence-electron chi connectivity index (χ2n) is 6.27. The van der Waals surface area contributed by atoms with E-state index in [-0.39, 0.29) is 23.5 Å². The molecule has 1 atom stereocenters. The zero-order valence-corrected chi connectivity index (χ0v) is 15.2. The first-order valence-corrected chi connectivity index (χ1v) is 10.4. The van der Waals surface area contributed by atoms with Gasteiger partial charge >= 0.3 is 0 Å². The van der Waals surface area contributed by atoms with E-state index in [0.29, 0.717) is 44.9 Å². The lowest BCUT2D eigenvalue weighted by Gasteiger charge is -2.27. The maximum absolute atomic E-state index is 12.4. The molecule has 1 fully saturated rings. The van der Waals surface area contributed by atoms with Crippen molar-refractivity contribution < 1.29 is 22.7 Å². The number of rotatable bonds is 6. The molecule has 138 valence electrons. The standard InChI is InChI=1S/C17H24N2O5S/c1-2-19(14-6-10-25(21,22)12-14)17(20)5-7-18-13-3-4-15-16(11-13)24-9-8-23-15/h3-4,11,14,18H,2,5-10,12H2,1H3. The quantitative estimate of drug-likeness (QED) is 0.815. The van der Waals surface area contributed by atoms with Gasteiger partial charge in [0.2, 0.25) is 5.91 Å². The third kappa shape index (κ3) is 4.36. The van der Waals surface area contributed by atoms with Crippen molar-refractivity contribution in [1.29, 1.82) is 0 Å². The molecule has 25 heavy (non-hydrogen) atoms. The summed E-state index contributed by atoms with van der Waals surface area (Å²) < 4.78 is 34.3. The average molecular weight is 368 g/mol. The Bertz CT molecular complexity index is 735. The third-order valence-electron chi connectivity index (χ3n) is 4.52. The molecule has 1 amide bonds. The first kappa shape index (κ1) is 17.8. The first-order valence-electron chi connectivity index (χ1n) is 8.62. The molecule has 8 heteroatoms. The zero-order valence-electron chi connectivity index (χ0n) is 14.4. The van der Waals surface area contributed by atoms with E-state index >= 15 is 0 Å². The number of nitrogens with one attached hydrogen (secondary N) is 1. The minimum Gasteiger partial charge on any atom is -0.486 e. The van der Waals surface area contributed by atoms with Gasteiger partial charge in [0.1, 0.15) is 13.2 Å². The Morgan fingerprint density at radius 2 is 2.04 bits per heavy atom. The summed E-state index contributed by atoms with van der Waals surface area (Å²) in [6.45, 7) is 3.98. The summed E-state index contributed by atoms with van der Waals surface area (Å²) in [5.41, 5.74) is 0.864. The lowest BCUT2D eigenvalue weighted by atomic mass is 10.2. The molecule has 1 aromatic rings. The van der Waals surface area contributed by atoms with Crippen molar-refractivity contribution in [3.63, 3.8) is 0 Å². The highest BCUT2D eigenvalue weighted by atomic mass is 32.2. The molecule has 2 heterocycles. The number of amides is 1. The number of benzene rings is 1. The van der Waals surface area contributed by atoms with Crippen LogP contribution < -0.4 is 14.8 Å². The minimum atomic E-state index is -2.99. The summed E-state index contributed by atoms with van der Waals surface area (Å²) in [5, 5.41) is 3.21. The van der Waals surface area contributed by atoms with Crippen molar-refractivity contribution in [2.45, 2.75) is 25.8 Å². The van der Waals surface area contributed by atoms with E-state index in [1.807, 2.05) is 25.1 Å². The molecular weight excluding hydrogens is 344 g/mol. The van der Waals surface area contributed by atoms with Crippen molar-refractivity contribution >= 4 is 21.4 Å². The molecule has 0 spiro atoms. The summed E-state index contributed by atoms with van der Waals surface area (Å²) >= 11 is 0. The molecule has 0 saturated carbocycles. The van der Waals surface area contributed by atoms with Gasteiger partial charge in [-0.25, -0.2) is 8.42 Å². The largest absolute Gasteiger partial charge is 0.486 e. The normalized spacial score (nSPS) is 20.9. The summed E-state index contributed by atoms with van der Waals surface area (Å²) in [5.74, 6) is 1.68. The fraction of sp³-hybridized carbons (Fsp3) is 0.588. The molecule has 1 unspecified atom stereocenters. The highest BCUT2D eigenvalue weighted by Gasteiger charge is 2.33. The number of anilines is 1. The number of ether oxygens (including phenoxy) is 2. The van der Waals surface area contributed by atoms with Gasteiger partial charge in [0.25, 0.3) is 0 Å². The monoisotopic (exact) mass is 368 g/mol. The van der Waals surface area contributed by atoms with Crippen LogP contribution >= 0.6 is 0 Å². The fourth-order valence-electron chi connectivity index (χ4n) is 3.27. The van der Waals surface area contributed by atoms with Crippen LogP contribution in [0, 0.1) is 0 Å². The Morgan fingerprint density at radius 1 is 1.28 bits per heavy atom. The second kappa shape index (κ2) is 7.51. The van der Waals surface area contributed by atoms with Crippen LogP contribution in [0.2, 0.25) is 0 Å². The average Bonchev–Trinajstić information content (AvgIpc) is 2.95. The van der Waals surface area contributed by atoms with Gasteiger partial charge in [-0.3, -0.25) is 4.79 Å². The molecule has 1 aromatic carbocycles. The van der Waals surface area contributed by atoms with Crippen LogP contribution in [0.4, 0.5) is 5.69 Å². The van der Waals surface area contributed by atoms with E-state index in [0.717, 1.165) is 11.4 Å². The van der Waals surface area contributed by atoms with Crippen LogP contribution in [0.3, 0.4) is 0 Å². The molecule has 2 aliphatic heterocycles. The predicted molar refractivity (Wildman–Crippen MR) is 95.0 cm³/mol. The Kier molecular flexibility index (Phi) is 5.36. The number of nitrogens with zero attached hydrogens (tertiary/aromatic N) is 1. The van der Waals surface area contributed by atoms with Gasteiger partial charge in [-0.1, -0.05) is 0 Å². The Hall–Kier alpha value is -1.96. The number of carbonyl (C=O) groups is 1. The molecule has 0 radical (unpaired) electrons. The van der Waals surface area contributed by atoms with Crippen molar-refractivity contribution in [2.24, 2.45) is 0 Å². The minimum absolute atomic E-state index is 0.0188. The SMILES string of the molecule is CCN(C(=O)CCNc1ccc2c(c1)OCCO2)C1CCS(=O)(=O)C1. The summed E-state index contributed by atoms with van der Waals surface area (Å²) in [7, 11) is -2.99. The maximum atomic E-state index is 12.4. The number of sulfone groups is 1. The molecule has 2 aliphatic rings. The lowest BCUT2D eigenvalue weighted by Crippen LogP contribution is -2.41. The van der Waals surface area contributed by atoms with Crippen molar-refractivity contribution in [3.8, 4) is 11.5 Å². The van der Waals surface area contributed by atoms with E-state index in [4.69, 9.17) is 9.47 Å². The van der Waals surface area contributed by atoms with E-state index in [2.05, 4.69) is 5.32 Å². The van der Waals surface area contributed by atoms with Crippen LogP contribution in [0.15, 0.2) is 18.2 Å². The maximum Gasteiger partial charge on any atom is 0.224 e. The highest BCUT2D eigenvalue weighted by molar-refractivity contribution is 7.91. The lowest BCUT2D eigenvalue weighted by molar-refractivity contribution is -0.132. The van der Waals surface area contributed by atoms with E-state index in [1.165, 1.54) is 0 Å². The van der Waals surface area contributed by atoms with E-state index in [9.17, 15) is 13.2 Å². The van der Waals surface area contributed by atoms with Crippen LogP contribution in [0.25, 0.3) is 0 Å². The summed E-state index contributed by atoms with van der Waals surface area (Å²) in [4.78, 5) is 14.1. The van der Waals surface area contributed by atoms with Crippen LogP contribution in [0.1, 0.15) is 19.8 Å². The van der Waals surface area contributed by atoms with Gasteiger partial charge in [0.15, 0.2) is 21.3 Å². The van der Waals surface area contributed by atoms with E-state index < -0.39 is 9.84 Å². The zero-order chi connectivity index (χ0) is 17.9. The van der Waals surface area contributed by atoms with Crippen LogP contribution in [-0.4, -0.2) is 63.1 Å². The summed E-state index contributed by atoms with van der Waals surface area (Å²) in [6, 6.07) is 5.41. The van der Waals surface area contributed by atoms with Gasteiger partial charge in [0.05, 0.1) is 11.5 Å². The molecule has 3 rings (SSSR count). The predicted octanol–water partition coefficient (Wildman–Crippen LogP) is 1.30. The highest BCUT2D eigenvalue weighted by Crippen LogP contribution is 2.32. The topological polar surface area (TPSA) is 84.9 Å². The molecule has 7 nitrogen and oxygen atoms in total. The molecule has 0 aromatic heterocycles. The molecule has 0 aliphatic carbocycles. The Balaban J connectivity index is 1.51. The van der Waals surface area contributed by atoms with Crippen molar-refractivity contribution in [1.82, 2.24) is 4.90 Å². The van der Waals surface area contributed by atoms with Crippen LogP contribution in [-0.2, 0) is 14.6 Å². The molecule has 0 bridgehead atoms. The number of hydrogen-bond acceptors (Lipinski definition) is 6. The second-order valence-corrected chi connectivity index (χ2v) is 8.50.